The standard InChI is InChI=1S/C11H22N2O2.C9H20N2O.C5H12N2O/c1-3-5-7-12-10(14)9-11(15)13-8-6-4-2;1-3-5-7-10-9(12)11-8-6-4-2;1-2-3-4-7-5(6)8/h3-9H2,1-2H3,(H,12,14)(H,13,15);3-8H2,1-2H3,(H2,10,11,12);2-4H2,1H3,(H3,6,7,8). The third-order valence-corrected chi connectivity index (χ3v) is 4.49. The van der Waals surface area contributed by atoms with E-state index in [0.717, 1.165) is 77.3 Å². The van der Waals surface area contributed by atoms with Gasteiger partial charge >= 0.3 is 12.1 Å². The minimum atomic E-state index is -0.432. The maximum absolute atomic E-state index is 11.2. The summed E-state index contributed by atoms with van der Waals surface area (Å²) in [5, 5.41) is 13.5. The smallest absolute Gasteiger partial charge is 0.314 e. The number of hydrogen-bond donors (Lipinski definition) is 6. The summed E-state index contributed by atoms with van der Waals surface area (Å²) in [6.07, 6.45) is 10.4. The summed E-state index contributed by atoms with van der Waals surface area (Å²) < 4.78 is 0. The summed E-state index contributed by atoms with van der Waals surface area (Å²) in [5.74, 6) is -0.366. The zero-order valence-corrected chi connectivity index (χ0v) is 23.0. The third-order valence-electron chi connectivity index (χ3n) is 4.49. The van der Waals surface area contributed by atoms with Crippen molar-refractivity contribution < 1.29 is 19.2 Å². The van der Waals surface area contributed by atoms with Crippen LogP contribution in [0.2, 0.25) is 0 Å². The summed E-state index contributed by atoms with van der Waals surface area (Å²) in [6, 6.07) is -0.463. The molecule has 7 N–H and O–H groups in total. The predicted molar refractivity (Wildman–Crippen MR) is 144 cm³/mol. The average molecular weight is 503 g/mol. The fourth-order valence-corrected chi connectivity index (χ4v) is 2.29. The molecule has 10 heteroatoms. The molecule has 0 heterocycles. The lowest BCUT2D eigenvalue weighted by Crippen LogP contribution is -2.36. The zero-order chi connectivity index (χ0) is 27.2. The molecule has 10 nitrogen and oxygen atoms in total. The van der Waals surface area contributed by atoms with E-state index in [2.05, 4.69) is 61.2 Å². The molecular formula is C25H54N6O4. The highest BCUT2D eigenvalue weighted by Crippen LogP contribution is 1.87. The van der Waals surface area contributed by atoms with Crippen LogP contribution < -0.4 is 32.3 Å². The highest BCUT2D eigenvalue weighted by molar-refractivity contribution is 5.96. The SMILES string of the molecule is CCCCNC(=O)CC(=O)NCCCC.CCCCNC(=O)NCCCC.CCCCNC(N)=O. The highest BCUT2D eigenvalue weighted by Gasteiger charge is 2.07. The van der Waals surface area contributed by atoms with Crippen LogP contribution in [0.15, 0.2) is 0 Å². The van der Waals surface area contributed by atoms with Gasteiger partial charge in [0.2, 0.25) is 11.8 Å². The number of nitrogens with one attached hydrogen (secondary N) is 5. The third kappa shape index (κ3) is 39.0. The van der Waals surface area contributed by atoms with Crippen molar-refractivity contribution >= 4 is 23.9 Å². The van der Waals surface area contributed by atoms with Crippen molar-refractivity contribution in [2.75, 3.05) is 32.7 Å². The number of primary amides is 1. The second-order valence-corrected chi connectivity index (χ2v) is 8.12. The topological polar surface area (TPSA) is 154 Å². The molecule has 0 aliphatic rings. The van der Waals surface area contributed by atoms with Crippen molar-refractivity contribution in [3.63, 3.8) is 0 Å². The van der Waals surface area contributed by atoms with Crippen LogP contribution in [-0.2, 0) is 9.59 Å². The lowest BCUT2D eigenvalue weighted by Gasteiger charge is -2.05. The van der Waals surface area contributed by atoms with Gasteiger partial charge in [-0.3, -0.25) is 9.59 Å². The number of nitrogens with two attached hydrogens (primary N) is 1. The Morgan fingerprint density at radius 3 is 1.06 bits per heavy atom. The van der Waals surface area contributed by atoms with Gasteiger partial charge in [-0.2, -0.15) is 0 Å². The molecule has 0 radical (unpaired) electrons. The van der Waals surface area contributed by atoms with Crippen LogP contribution in [0.5, 0.6) is 0 Å². The van der Waals surface area contributed by atoms with Crippen molar-refractivity contribution in [1.29, 1.82) is 0 Å². The van der Waals surface area contributed by atoms with Gasteiger partial charge in [0.1, 0.15) is 6.42 Å². The summed E-state index contributed by atoms with van der Waals surface area (Å²) in [5.41, 5.74) is 4.78. The van der Waals surface area contributed by atoms with Gasteiger partial charge in [-0.25, -0.2) is 9.59 Å². The number of unbranched alkanes of at least 4 members (excludes halogenated alkanes) is 5. The largest absolute Gasteiger partial charge is 0.356 e. The fraction of sp³-hybridized carbons (Fsp3) is 0.840. The molecule has 0 aromatic heterocycles. The minimum Gasteiger partial charge on any atom is -0.356 e. The fourth-order valence-electron chi connectivity index (χ4n) is 2.29. The van der Waals surface area contributed by atoms with Gasteiger partial charge in [0.15, 0.2) is 0 Å². The van der Waals surface area contributed by atoms with Crippen molar-refractivity contribution in [3.8, 4) is 0 Å². The molecule has 208 valence electrons. The predicted octanol–water partition coefficient (Wildman–Crippen LogP) is 3.55. The molecule has 0 fully saturated rings. The van der Waals surface area contributed by atoms with E-state index in [1.165, 1.54) is 0 Å². The second kappa shape index (κ2) is 31.5. The molecule has 0 bridgehead atoms. The van der Waals surface area contributed by atoms with Gasteiger partial charge in [-0.05, 0) is 32.1 Å². The summed E-state index contributed by atoms with van der Waals surface area (Å²) in [4.78, 5) is 43.3. The van der Waals surface area contributed by atoms with E-state index in [1.54, 1.807) is 0 Å². The average Bonchev–Trinajstić information content (AvgIpc) is 2.80. The van der Waals surface area contributed by atoms with Crippen LogP contribution in [-0.4, -0.2) is 56.6 Å². The molecule has 0 aromatic carbocycles. The molecule has 0 saturated carbocycles. The molecule has 0 unspecified atom stereocenters. The number of amides is 6. The first-order chi connectivity index (χ1) is 16.8. The Balaban J connectivity index is -0.000000460. The first-order valence-electron chi connectivity index (χ1n) is 13.4. The molecule has 0 rings (SSSR count). The monoisotopic (exact) mass is 502 g/mol. The Labute approximate surface area is 213 Å². The van der Waals surface area contributed by atoms with Gasteiger partial charge in [-0.1, -0.05) is 66.7 Å². The molecule has 0 aromatic rings. The van der Waals surface area contributed by atoms with E-state index in [0.29, 0.717) is 19.6 Å². The summed E-state index contributed by atoms with van der Waals surface area (Å²) in [6.45, 7) is 14.0. The quantitative estimate of drug-likeness (QED) is 0.133. The van der Waals surface area contributed by atoms with E-state index in [9.17, 15) is 19.2 Å². The Kier molecular flexibility index (Phi) is 33.3. The molecule has 0 aliphatic carbocycles. The van der Waals surface area contributed by atoms with Gasteiger partial charge < -0.3 is 32.3 Å². The molecule has 0 saturated heterocycles. The number of rotatable bonds is 17. The maximum atomic E-state index is 11.2. The van der Waals surface area contributed by atoms with Crippen LogP contribution in [0.4, 0.5) is 9.59 Å². The second-order valence-electron chi connectivity index (χ2n) is 8.12. The Bertz CT molecular complexity index is 486. The Hall–Kier alpha value is -2.52. The molecule has 6 amide bonds. The Morgan fingerprint density at radius 1 is 0.486 bits per heavy atom. The lowest BCUT2D eigenvalue weighted by atomic mass is 10.3. The van der Waals surface area contributed by atoms with Crippen LogP contribution >= 0.6 is 0 Å². The number of hydrogen-bond acceptors (Lipinski definition) is 4. The van der Waals surface area contributed by atoms with Crippen molar-refractivity contribution in [3.05, 3.63) is 0 Å². The highest BCUT2D eigenvalue weighted by atomic mass is 16.2. The maximum Gasteiger partial charge on any atom is 0.314 e. The van der Waals surface area contributed by atoms with Gasteiger partial charge in [-0.15, -0.1) is 0 Å². The van der Waals surface area contributed by atoms with Gasteiger partial charge in [0.25, 0.3) is 0 Å². The van der Waals surface area contributed by atoms with Gasteiger partial charge in [0.05, 0.1) is 0 Å². The van der Waals surface area contributed by atoms with Crippen LogP contribution in [0.1, 0.15) is 105 Å². The van der Waals surface area contributed by atoms with Crippen molar-refractivity contribution in [2.24, 2.45) is 5.73 Å². The van der Waals surface area contributed by atoms with Crippen molar-refractivity contribution in [1.82, 2.24) is 26.6 Å². The van der Waals surface area contributed by atoms with Crippen LogP contribution in [0, 0.1) is 0 Å². The summed E-state index contributed by atoms with van der Waals surface area (Å²) in [7, 11) is 0. The molecular weight excluding hydrogens is 448 g/mol. The normalized spacial score (nSPS) is 9.40. The van der Waals surface area contributed by atoms with E-state index in [-0.39, 0.29) is 24.3 Å². The number of carbonyl (C=O) groups excluding carboxylic acids is 4. The van der Waals surface area contributed by atoms with E-state index in [1.807, 2.05) is 0 Å². The molecule has 0 aliphatic heterocycles. The van der Waals surface area contributed by atoms with E-state index in [4.69, 9.17) is 5.73 Å². The van der Waals surface area contributed by atoms with Crippen LogP contribution in [0.25, 0.3) is 0 Å². The van der Waals surface area contributed by atoms with Crippen LogP contribution in [0.3, 0.4) is 0 Å². The van der Waals surface area contributed by atoms with Crippen molar-refractivity contribution in [2.45, 2.75) is 105 Å². The minimum absolute atomic E-state index is 0.0306. The molecule has 35 heavy (non-hydrogen) atoms. The number of carbonyl (C=O) groups is 4. The molecule has 0 atom stereocenters. The molecule has 0 spiro atoms. The first kappa shape index (κ1) is 37.0. The zero-order valence-electron chi connectivity index (χ0n) is 23.0. The van der Waals surface area contributed by atoms with Gasteiger partial charge in [0, 0.05) is 32.7 Å². The Morgan fingerprint density at radius 2 is 0.771 bits per heavy atom. The van der Waals surface area contributed by atoms with E-state index >= 15 is 0 Å². The summed E-state index contributed by atoms with van der Waals surface area (Å²) >= 11 is 0. The van der Waals surface area contributed by atoms with E-state index < -0.39 is 6.03 Å². The number of urea groups is 2. The lowest BCUT2D eigenvalue weighted by molar-refractivity contribution is -0.129. The first-order valence-corrected chi connectivity index (χ1v) is 13.4.